The second-order valence-electron chi connectivity index (χ2n) is 8.88. The van der Waals surface area contributed by atoms with E-state index >= 15 is 0 Å². The molecule has 2 aromatic carbocycles. The first-order valence-corrected chi connectivity index (χ1v) is 12.1. The summed E-state index contributed by atoms with van der Waals surface area (Å²) >= 11 is 0. The van der Waals surface area contributed by atoms with Gasteiger partial charge in [-0.2, -0.15) is 0 Å². The smallest absolute Gasteiger partial charge is 0.253 e. The van der Waals surface area contributed by atoms with Crippen LogP contribution in [-0.2, 0) is 33.7 Å². The van der Waals surface area contributed by atoms with Crippen LogP contribution in [0.4, 0.5) is 0 Å². The van der Waals surface area contributed by atoms with Crippen molar-refractivity contribution in [3.05, 3.63) is 65.2 Å². The third kappa shape index (κ3) is 7.03. The molecule has 178 valence electrons. The minimum Gasteiger partial charge on any atom is -0.493 e. The summed E-state index contributed by atoms with van der Waals surface area (Å²) < 4.78 is 17.1. The molecule has 0 aromatic heterocycles. The van der Waals surface area contributed by atoms with Gasteiger partial charge < -0.3 is 24.4 Å². The molecule has 0 spiro atoms. The fourth-order valence-corrected chi connectivity index (χ4v) is 4.23. The Morgan fingerprint density at radius 1 is 1.09 bits per heavy atom. The van der Waals surface area contributed by atoms with Gasteiger partial charge in [-0.25, -0.2) is 0 Å². The topological polar surface area (TPSA) is 60.0 Å². The van der Waals surface area contributed by atoms with Crippen molar-refractivity contribution in [2.24, 2.45) is 0 Å². The number of nitrogens with one attached hydrogen (secondary N) is 1. The van der Waals surface area contributed by atoms with E-state index in [1.165, 1.54) is 11.1 Å². The highest BCUT2D eigenvalue weighted by molar-refractivity contribution is 5.82. The van der Waals surface area contributed by atoms with E-state index < -0.39 is 0 Å². The number of rotatable bonds is 12. The number of benzene rings is 2. The van der Waals surface area contributed by atoms with Gasteiger partial charge in [0.05, 0.1) is 13.2 Å². The first-order chi connectivity index (χ1) is 16.2. The van der Waals surface area contributed by atoms with Crippen molar-refractivity contribution < 1.29 is 19.0 Å². The van der Waals surface area contributed by atoms with Crippen molar-refractivity contribution in [1.29, 1.82) is 0 Å². The van der Waals surface area contributed by atoms with Gasteiger partial charge >= 0.3 is 0 Å². The molecular formula is C27H36N2O4. The molecule has 4 rings (SSSR count). The Balaban J connectivity index is 1.46. The minimum atomic E-state index is -0.380. The maximum absolute atomic E-state index is 13.2. The van der Waals surface area contributed by atoms with Gasteiger partial charge in [0.1, 0.15) is 11.9 Å². The van der Waals surface area contributed by atoms with Gasteiger partial charge in [0, 0.05) is 45.8 Å². The monoisotopic (exact) mass is 452 g/mol. The van der Waals surface area contributed by atoms with Gasteiger partial charge in [0.25, 0.3) is 5.91 Å². The number of carbonyl (C=O) groups excluding carboxylic acids is 1. The molecule has 0 radical (unpaired) electrons. The van der Waals surface area contributed by atoms with Crippen molar-refractivity contribution in [2.75, 3.05) is 40.0 Å². The summed E-state index contributed by atoms with van der Waals surface area (Å²) in [6.45, 7) is 3.87. The Morgan fingerprint density at radius 2 is 1.94 bits per heavy atom. The Bertz CT molecular complexity index is 879. The summed E-state index contributed by atoms with van der Waals surface area (Å²) in [5.74, 6) is 1.01. The number of ether oxygens (including phenoxy) is 3. The van der Waals surface area contributed by atoms with Gasteiger partial charge in [0.2, 0.25) is 0 Å². The van der Waals surface area contributed by atoms with E-state index in [1.54, 1.807) is 7.11 Å². The number of hydrogen-bond acceptors (Lipinski definition) is 5. The van der Waals surface area contributed by atoms with Gasteiger partial charge in [-0.15, -0.1) is 0 Å². The summed E-state index contributed by atoms with van der Waals surface area (Å²) in [6.07, 6.45) is 4.49. The van der Waals surface area contributed by atoms with Crippen LogP contribution in [-0.4, -0.2) is 63.0 Å². The first kappa shape index (κ1) is 23.7. The van der Waals surface area contributed by atoms with E-state index in [9.17, 15) is 4.79 Å². The molecule has 1 amide bonds. The molecule has 1 atom stereocenters. The maximum atomic E-state index is 13.2. The second kappa shape index (κ2) is 12.2. The number of morpholine rings is 1. The zero-order valence-corrected chi connectivity index (χ0v) is 19.6. The Hall–Kier alpha value is -2.41. The number of aryl methyl sites for hydroxylation is 2. The van der Waals surface area contributed by atoms with Crippen LogP contribution in [0, 0.1) is 0 Å². The number of methoxy groups -OCH3 is 1. The lowest BCUT2D eigenvalue weighted by molar-refractivity contribution is -0.146. The van der Waals surface area contributed by atoms with Gasteiger partial charge in [-0.05, 0) is 48.4 Å². The molecule has 2 aromatic rings. The summed E-state index contributed by atoms with van der Waals surface area (Å²) in [5.41, 5.74) is 3.62. The predicted octanol–water partition coefficient (Wildman–Crippen LogP) is 3.37. The van der Waals surface area contributed by atoms with Gasteiger partial charge in [-0.3, -0.25) is 4.79 Å². The van der Waals surface area contributed by atoms with Crippen molar-refractivity contribution in [3.8, 4) is 5.75 Å². The van der Waals surface area contributed by atoms with E-state index in [2.05, 4.69) is 47.8 Å². The van der Waals surface area contributed by atoms with Crippen LogP contribution in [0.1, 0.15) is 36.0 Å². The van der Waals surface area contributed by atoms with Crippen molar-refractivity contribution >= 4 is 5.91 Å². The predicted molar refractivity (Wildman–Crippen MR) is 128 cm³/mol. The zero-order valence-electron chi connectivity index (χ0n) is 19.6. The van der Waals surface area contributed by atoms with E-state index in [1.807, 2.05) is 11.0 Å². The molecule has 1 N–H and O–H groups in total. The number of amides is 1. The molecule has 0 bridgehead atoms. The number of hydrogen-bond donors (Lipinski definition) is 1. The second-order valence-corrected chi connectivity index (χ2v) is 8.88. The van der Waals surface area contributed by atoms with Gasteiger partial charge in [-0.1, -0.05) is 42.5 Å². The van der Waals surface area contributed by atoms with Crippen LogP contribution >= 0.6 is 0 Å². The highest BCUT2D eigenvalue weighted by atomic mass is 16.5. The summed E-state index contributed by atoms with van der Waals surface area (Å²) in [4.78, 5) is 15.2. The van der Waals surface area contributed by atoms with E-state index in [4.69, 9.17) is 14.2 Å². The number of carbonyl (C=O) groups is 1. The van der Waals surface area contributed by atoms with Crippen molar-refractivity contribution in [1.82, 2.24) is 10.2 Å². The van der Waals surface area contributed by atoms with Gasteiger partial charge in [0.15, 0.2) is 0 Å². The van der Waals surface area contributed by atoms with Crippen LogP contribution < -0.4 is 10.1 Å². The molecule has 1 saturated carbocycles. The van der Waals surface area contributed by atoms with Crippen molar-refractivity contribution in [3.63, 3.8) is 0 Å². The molecule has 2 aliphatic rings. The molecule has 33 heavy (non-hydrogen) atoms. The molecule has 6 heteroatoms. The Labute approximate surface area is 197 Å². The van der Waals surface area contributed by atoms with Crippen LogP contribution in [0.3, 0.4) is 0 Å². The van der Waals surface area contributed by atoms with Crippen LogP contribution in [0.5, 0.6) is 5.75 Å². The van der Waals surface area contributed by atoms with Crippen LogP contribution in [0.15, 0.2) is 48.5 Å². The highest BCUT2D eigenvalue weighted by Gasteiger charge is 2.36. The Morgan fingerprint density at radius 3 is 2.67 bits per heavy atom. The third-order valence-electron chi connectivity index (χ3n) is 6.23. The standard InChI is InChI=1S/C27H36N2O4/c1-31-15-5-16-32-25-18-22(9-11-23(25)10-8-21-6-3-2-4-7-21)20-29(24-12-13-24)27(30)26-19-28-14-17-33-26/h2-4,6-7,9,11,18,24,26,28H,5,8,10,12-17,19-20H2,1H3. The molecule has 1 aliphatic heterocycles. The van der Waals surface area contributed by atoms with E-state index in [0.717, 1.165) is 50.0 Å². The fraction of sp³-hybridized carbons (Fsp3) is 0.519. The molecule has 1 aliphatic carbocycles. The lowest BCUT2D eigenvalue weighted by Crippen LogP contribution is -2.49. The normalized spacial score (nSPS) is 18.2. The average Bonchev–Trinajstić information content (AvgIpc) is 3.71. The molecule has 1 unspecified atom stereocenters. The summed E-state index contributed by atoms with van der Waals surface area (Å²) in [5, 5.41) is 3.27. The fourth-order valence-electron chi connectivity index (χ4n) is 4.23. The van der Waals surface area contributed by atoms with E-state index in [0.29, 0.717) is 39.0 Å². The largest absolute Gasteiger partial charge is 0.493 e. The maximum Gasteiger partial charge on any atom is 0.253 e. The quantitative estimate of drug-likeness (QED) is 0.501. The molecule has 1 saturated heterocycles. The highest BCUT2D eigenvalue weighted by Crippen LogP contribution is 2.31. The van der Waals surface area contributed by atoms with Crippen LogP contribution in [0.25, 0.3) is 0 Å². The first-order valence-electron chi connectivity index (χ1n) is 12.1. The Kier molecular flexibility index (Phi) is 8.75. The average molecular weight is 453 g/mol. The van der Waals surface area contributed by atoms with Crippen molar-refractivity contribution in [2.45, 2.75) is 50.8 Å². The minimum absolute atomic E-state index is 0.0976. The molecular weight excluding hydrogens is 416 g/mol. The molecule has 1 heterocycles. The summed E-state index contributed by atoms with van der Waals surface area (Å²) in [6, 6.07) is 17.3. The van der Waals surface area contributed by atoms with Crippen LogP contribution in [0.2, 0.25) is 0 Å². The zero-order chi connectivity index (χ0) is 22.9. The number of nitrogens with zero attached hydrogens (tertiary/aromatic N) is 1. The summed E-state index contributed by atoms with van der Waals surface area (Å²) in [7, 11) is 1.71. The molecule has 6 nitrogen and oxygen atoms in total. The molecule has 2 fully saturated rings. The van der Waals surface area contributed by atoms with E-state index in [-0.39, 0.29) is 12.0 Å². The third-order valence-corrected chi connectivity index (χ3v) is 6.23. The lowest BCUT2D eigenvalue weighted by atomic mass is 10.0. The SMILES string of the molecule is COCCCOc1cc(CN(C(=O)C2CNCCO2)C2CC2)ccc1CCc1ccccc1. The lowest BCUT2D eigenvalue weighted by Gasteiger charge is -2.30.